The molecule has 1 N–H and O–H groups in total. The molecule has 0 spiro atoms. The van der Waals surface area contributed by atoms with E-state index in [9.17, 15) is 18.8 Å². The lowest BCUT2D eigenvalue weighted by Crippen LogP contribution is -2.30. The van der Waals surface area contributed by atoms with E-state index in [1.165, 1.54) is 36.5 Å². The summed E-state index contributed by atoms with van der Waals surface area (Å²) in [6.45, 7) is -0.295. The smallest absolute Gasteiger partial charge is 0.274 e. The number of carbonyl (C=O) groups excluding carboxylic acids is 3. The minimum atomic E-state index is -0.696. The molecule has 0 saturated heterocycles. The molecule has 0 aliphatic rings. The normalized spacial score (nSPS) is 10.4. The number of amides is 3. The molecule has 0 aliphatic heterocycles. The van der Waals surface area contributed by atoms with E-state index >= 15 is 0 Å². The molecule has 0 unspecified atom stereocenters. The second-order valence-electron chi connectivity index (χ2n) is 6.13. The van der Waals surface area contributed by atoms with E-state index < -0.39 is 17.6 Å². The third-order valence-electron chi connectivity index (χ3n) is 4.10. The molecular formula is C21H14Cl2FN3O3. The van der Waals surface area contributed by atoms with E-state index in [0.29, 0.717) is 11.4 Å². The Kier molecular flexibility index (Phi) is 6.76. The highest BCUT2D eigenvalue weighted by Crippen LogP contribution is 2.24. The average Bonchev–Trinajstić information content (AvgIpc) is 2.74. The van der Waals surface area contributed by atoms with Crippen molar-refractivity contribution in [3.8, 4) is 0 Å². The maximum absolute atomic E-state index is 13.8. The van der Waals surface area contributed by atoms with Crippen LogP contribution in [-0.4, -0.2) is 28.1 Å². The molecule has 0 bridgehead atoms. The second kappa shape index (κ2) is 9.47. The summed E-state index contributed by atoms with van der Waals surface area (Å²) in [5.74, 6) is -1.81. The highest BCUT2D eigenvalue weighted by atomic mass is 35.5. The number of imide groups is 1. The van der Waals surface area contributed by atoms with Gasteiger partial charge < -0.3 is 5.32 Å². The summed E-state index contributed by atoms with van der Waals surface area (Å²) in [7, 11) is 0. The Balaban J connectivity index is 1.87. The van der Waals surface area contributed by atoms with E-state index in [2.05, 4.69) is 10.3 Å². The third-order valence-corrected chi connectivity index (χ3v) is 4.65. The molecule has 6 nitrogen and oxygen atoms in total. The number of nitrogens with zero attached hydrogens (tertiary/aromatic N) is 2. The van der Waals surface area contributed by atoms with Crippen molar-refractivity contribution in [1.29, 1.82) is 0 Å². The first-order valence-electron chi connectivity index (χ1n) is 8.61. The minimum Gasteiger partial charge on any atom is -0.320 e. The van der Waals surface area contributed by atoms with Crippen LogP contribution < -0.4 is 5.32 Å². The fourth-order valence-corrected chi connectivity index (χ4v) is 3.15. The van der Waals surface area contributed by atoms with Crippen molar-refractivity contribution < 1.29 is 18.8 Å². The Labute approximate surface area is 181 Å². The number of hydrogen-bond acceptors (Lipinski definition) is 4. The van der Waals surface area contributed by atoms with Gasteiger partial charge in [-0.15, -0.1) is 0 Å². The van der Waals surface area contributed by atoms with Gasteiger partial charge in [-0.05, 0) is 54.1 Å². The zero-order chi connectivity index (χ0) is 21.7. The molecular weight excluding hydrogens is 432 g/mol. The maximum atomic E-state index is 13.8. The standard InChI is InChI=1S/C21H14Cl2FN3O3/c22-14-4-6-16(17(23)10-14)21(30)27(12-28)11-13-9-15(24)5-7-18(13)26-20(29)19-3-1-2-8-25-19/h1-10,12H,11H2,(H,26,29). The summed E-state index contributed by atoms with van der Waals surface area (Å²) in [5, 5.41) is 3.02. The molecule has 1 aromatic heterocycles. The Bertz CT molecular complexity index is 1110. The van der Waals surface area contributed by atoms with Gasteiger partial charge in [0.1, 0.15) is 11.5 Å². The largest absolute Gasteiger partial charge is 0.320 e. The molecule has 3 aromatic rings. The number of nitrogens with one attached hydrogen (secondary N) is 1. The summed E-state index contributed by atoms with van der Waals surface area (Å²) in [5.41, 5.74) is 0.659. The number of hydrogen-bond donors (Lipinski definition) is 1. The number of pyridine rings is 1. The minimum absolute atomic E-state index is 0.0589. The molecule has 3 rings (SSSR count). The molecule has 0 saturated carbocycles. The van der Waals surface area contributed by atoms with Crippen LogP contribution in [0, 0.1) is 5.82 Å². The molecule has 0 atom stereocenters. The molecule has 0 aliphatic carbocycles. The zero-order valence-corrected chi connectivity index (χ0v) is 16.8. The van der Waals surface area contributed by atoms with E-state index in [-0.39, 0.29) is 34.1 Å². The quantitative estimate of drug-likeness (QED) is 0.563. The summed E-state index contributed by atoms with van der Waals surface area (Å²) in [6, 6.07) is 12.7. The summed E-state index contributed by atoms with van der Waals surface area (Å²) in [6.07, 6.45) is 1.77. The van der Waals surface area contributed by atoms with Gasteiger partial charge in [-0.2, -0.15) is 0 Å². The van der Waals surface area contributed by atoms with Crippen molar-refractivity contribution in [2.24, 2.45) is 0 Å². The van der Waals surface area contributed by atoms with Crippen molar-refractivity contribution in [3.63, 3.8) is 0 Å². The first-order valence-corrected chi connectivity index (χ1v) is 9.36. The van der Waals surface area contributed by atoms with Crippen LogP contribution in [-0.2, 0) is 11.3 Å². The number of anilines is 1. The van der Waals surface area contributed by atoms with Crippen LogP contribution in [0.5, 0.6) is 0 Å². The predicted molar refractivity (Wildman–Crippen MR) is 111 cm³/mol. The first-order chi connectivity index (χ1) is 14.4. The molecule has 30 heavy (non-hydrogen) atoms. The molecule has 0 radical (unpaired) electrons. The third kappa shape index (κ3) is 5.00. The molecule has 3 amide bonds. The van der Waals surface area contributed by atoms with Crippen LogP contribution >= 0.6 is 23.2 Å². The highest BCUT2D eigenvalue weighted by Gasteiger charge is 2.21. The predicted octanol–water partition coefficient (Wildman–Crippen LogP) is 4.58. The van der Waals surface area contributed by atoms with Gasteiger partial charge >= 0.3 is 0 Å². The lowest BCUT2D eigenvalue weighted by molar-refractivity contribution is -0.116. The summed E-state index contributed by atoms with van der Waals surface area (Å²) < 4.78 is 13.8. The summed E-state index contributed by atoms with van der Waals surface area (Å²) >= 11 is 11.9. The highest BCUT2D eigenvalue weighted by molar-refractivity contribution is 6.36. The fourth-order valence-electron chi connectivity index (χ4n) is 2.66. The van der Waals surface area contributed by atoms with Gasteiger partial charge in [0.05, 0.1) is 17.1 Å². The van der Waals surface area contributed by atoms with Crippen LogP contribution in [0.4, 0.5) is 10.1 Å². The van der Waals surface area contributed by atoms with Crippen LogP contribution in [0.2, 0.25) is 10.0 Å². The molecule has 2 aromatic carbocycles. The van der Waals surface area contributed by atoms with Gasteiger partial charge in [0.25, 0.3) is 11.8 Å². The van der Waals surface area contributed by atoms with Crippen molar-refractivity contribution in [1.82, 2.24) is 9.88 Å². The van der Waals surface area contributed by atoms with E-state index in [0.717, 1.165) is 17.0 Å². The number of halogens is 3. The molecule has 1 heterocycles. The van der Waals surface area contributed by atoms with Crippen molar-refractivity contribution in [2.45, 2.75) is 6.54 Å². The van der Waals surface area contributed by atoms with E-state index in [4.69, 9.17) is 23.2 Å². The Morgan fingerprint density at radius 1 is 1.10 bits per heavy atom. The van der Waals surface area contributed by atoms with Gasteiger partial charge in [-0.1, -0.05) is 29.3 Å². The number of aromatic nitrogens is 1. The maximum Gasteiger partial charge on any atom is 0.274 e. The van der Waals surface area contributed by atoms with Crippen LogP contribution in [0.1, 0.15) is 26.4 Å². The zero-order valence-electron chi connectivity index (χ0n) is 15.3. The van der Waals surface area contributed by atoms with Gasteiger partial charge in [0, 0.05) is 16.9 Å². The molecule has 152 valence electrons. The van der Waals surface area contributed by atoms with Crippen molar-refractivity contribution >= 4 is 47.1 Å². The second-order valence-corrected chi connectivity index (χ2v) is 6.98. The fraction of sp³-hybridized carbons (Fsp3) is 0.0476. The van der Waals surface area contributed by atoms with Crippen LogP contribution in [0.25, 0.3) is 0 Å². The monoisotopic (exact) mass is 445 g/mol. The first kappa shape index (κ1) is 21.4. The van der Waals surface area contributed by atoms with Crippen molar-refractivity contribution in [3.05, 3.63) is 93.5 Å². The van der Waals surface area contributed by atoms with E-state index in [1.54, 1.807) is 12.1 Å². The number of rotatable bonds is 6. The number of benzene rings is 2. The van der Waals surface area contributed by atoms with Crippen LogP contribution in [0.3, 0.4) is 0 Å². The lowest BCUT2D eigenvalue weighted by atomic mass is 10.1. The average molecular weight is 446 g/mol. The Morgan fingerprint density at radius 3 is 2.57 bits per heavy atom. The lowest BCUT2D eigenvalue weighted by Gasteiger charge is -2.19. The van der Waals surface area contributed by atoms with Crippen molar-refractivity contribution in [2.75, 3.05) is 5.32 Å². The number of carbonyl (C=O) groups is 3. The van der Waals surface area contributed by atoms with Gasteiger partial charge in [0.15, 0.2) is 0 Å². The SMILES string of the molecule is O=CN(Cc1cc(F)ccc1NC(=O)c1ccccn1)C(=O)c1ccc(Cl)cc1Cl. The topological polar surface area (TPSA) is 79.4 Å². The Hall–Kier alpha value is -3.29. The van der Waals surface area contributed by atoms with Gasteiger partial charge in [-0.3, -0.25) is 24.3 Å². The Morgan fingerprint density at radius 2 is 1.90 bits per heavy atom. The van der Waals surface area contributed by atoms with Gasteiger partial charge in [-0.25, -0.2) is 4.39 Å². The van der Waals surface area contributed by atoms with Gasteiger partial charge in [0.2, 0.25) is 6.41 Å². The van der Waals surface area contributed by atoms with E-state index in [1.807, 2.05) is 0 Å². The summed E-state index contributed by atoms with van der Waals surface area (Å²) in [4.78, 5) is 41.5. The van der Waals surface area contributed by atoms with Crippen LogP contribution in [0.15, 0.2) is 60.8 Å². The molecule has 9 heteroatoms. The molecule has 0 fully saturated rings.